The Morgan fingerprint density at radius 3 is 2.00 bits per heavy atom. The third kappa shape index (κ3) is 8.15. The summed E-state index contributed by atoms with van der Waals surface area (Å²) in [5, 5.41) is 6.74. The Labute approximate surface area is 122 Å². The third-order valence-electron chi connectivity index (χ3n) is 2.98. The van der Waals surface area contributed by atoms with Gasteiger partial charge in [0, 0.05) is 6.42 Å². The third-order valence-corrected chi connectivity index (χ3v) is 5.49. The standard InChI is InChI=1S/C13H24O5P2/c1-2-3-4-5-6-7-8-9-10-11-12-13(14,19-15)20(16,17)18/h14H,2-10H2,1H3,(H2,16,17,18)/p+1. The molecule has 3 N–H and O–H groups in total. The average molecular weight is 323 g/mol. The highest BCUT2D eigenvalue weighted by Gasteiger charge is 2.53. The first-order valence-corrected chi connectivity index (χ1v) is 9.57. The molecule has 116 valence electrons. The van der Waals surface area contributed by atoms with Gasteiger partial charge in [-0.25, -0.2) is 0 Å². The van der Waals surface area contributed by atoms with Crippen molar-refractivity contribution in [1.29, 1.82) is 0 Å². The van der Waals surface area contributed by atoms with Crippen molar-refractivity contribution in [2.75, 3.05) is 0 Å². The van der Waals surface area contributed by atoms with E-state index in [1.165, 1.54) is 32.1 Å². The maximum atomic E-state index is 10.9. The molecule has 0 aromatic rings. The van der Waals surface area contributed by atoms with Gasteiger partial charge in [0.2, 0.25) is 0 Å². The first-order chi connectivity index (χ1) is 9.37. The molecule has 2 unspecified atom stereocenters. The minimum absolute atomic E-state index is 0.446. The van der Waals surface area contributed by atoms with Crippen LogP contribution in [0.5, 0.6) is 0 Å². The predicted molar refractivity (Wildman–Crippen MR) is 81.0 cm³/mol. The zero-order chi connectivity index (χ0) is 15.5. The highest BCUT2D eigenvalue weighted by Crippen LogP contribution is 2.54. The Bertz CT molecular complexity index is 382. The van der Waals surface area contributed by atoms with Crippen LogP contribution in [0.3, 0.4) is 0 Å². The molecular weight excluding hydrogens is 298 g/mol. The maximum Gasteiger partial charge on any atom is 0.422 e. The maximum absolute atomic E-state index is 10.9. The number of unbranched alkanes of at least 4 members (excludes halogenated alkanes) is 8. The molecule has 0 rings (SSSR count). The lowest BCUT2D eigenvalue weighted by molar-refractivity contribution is 0.214. The van der Waals surface area contributed by atoms with Crippen LogP contribution in [-0.2, 0) is 9.13 Å². The molecule has 0 aromatic heterocycles. The van der Waals surface area contributed by atoms with Crippen molar-refractivity contribution in [3.05, 3.63) is 0 Å². The molecule has 0 aliphatic heterocycles. The van der Waals surface area contributed by atoms with E-state index in [1.54, 1.807) is 0 Å². The molecule has 0 spiro atoms. The fourth-order valence-electron chi connectivity index (χ4n) is 1.69. The minimum Gasteiger partial charge on any atom is -0.329 e. The molecule has 0 fully saturated rings. The predicted octanol–water partition coefficient (Wildman–Crippen LogP) is 3.37. The molecule has 20 heavy (non-hydrogen) atoms. The second kappa shape index (κ2) is 10.5. The molecule has 5 nitrogen and oxygen atoms in total. The molecule has 0 saturated heterocycles. The lowest BCUT2D eigenvalue weighted by atomic mass is 10.1. The van der Waals surface area contributed by atoms with Gasteiger partial charge in [0.25, 0.3) is 0 Å². The molecule has 0 aliphatic carbocycles. The van der Waals surface area contributed by atoms with Crippen molar-refractivity contribution in [3.8, 4) is 11.8 Å². The first kappa shape index (κ1) is 19.8. The van der Waals surface area contributed by atoms with Crippen LogP contribution in [-0.4, -0.2) is 20.0 Å². The minimum atomic E-state index is -4.88. The Kier molecular flexibility index (Phi) is 10.4. The second-order valence-electron chi connectivity index (χ2n) is 4.84. The SMILES string of the molecule is CCCCCCCCCCC#CC(O)([PH+]=O)P(=O)(O)O. The van der Waals surface area contributed by atoms with Crippen LogP contribution in [0, 0.1) is 11.8 Å². The van der Waals surface area contributed by atoms with Crippen molar-refractivity contribution in [3.63, 3.8) is 0 Å². The van der Waals surface area contributed by atoms with Gasteiger partial charge >= 0.3 is 21.1 Å². The summed E-state index contributed by atoms with van der Waals surface area (Å²) < 4.78 is 21.6. The van der Waals surface area contributed by atoms with E-state index in [4.69, 9.17) is 9.79 Å². The van der Waals surface area contributed by atoms with Crippen LogP contribution in [0.25, 0.3) is 0 Å². The van der Waals surface area contributed by atoms with Crippen LogP contribution in [0.4, 0.5) is 0 Å². The first-order valence-electron chi connectivity index (χ1n) is 7.04. The molecule has 0 bridgehead atoms. The number of rotatable bonds is 10. The van der Waals surface area contributed by atoms with Gasteiger partial charge in [0.15, 0.2) is 0 Å². The van der Waals surface area contributed by atoms with E-state index in [0.717, 1.165) is 19.3 Å². The highest BCUT2D eigenvalue weighted by molar-refractivity contribution is 7.63. The highest BCUT2D eigenvalue weighted by atomic mass is 31.2. The average Bonchev–Trinajstić information content (AvgIpc) is 2.39. The summed E-state index contributed by atoms with van der Waals surface area (Å²) in [7, 11) is -6.45. The Morgan fingerprint density at radius 2 is 1.55 bits per heavy atom. The van der Waals surface area contributed by atoms with Crippen molar-refractivity contribution < 1.29 is 24.0 Å². The molecule has 0 aromatic carbocycles. The van der Waals surface area contributed by atoms with Crippen molar-refractivity contribution in [2.45, 2.75) is 69.8 Å². The zero-order valence-electron chi connectivity index (χ0n) is 12.0. The summed E-state index contributed by atoms with van der Waals surface area (Å²) in [4.78, 5) is 17.7. The van der Waals surface area contributed by atoms with Gasteiger partial charge in [-0.3, -0.25) is 4.57 Å². The lowest BCUT2D eigenvalue weighted by Gasteiger charge is -2.08. The molecule has 7 heteroatoms. The fourth-order valence-corrected chi connectivity index (χ4v) is 2.53. The molecule has 0 aliphatic rings. The molecule has 0 saturated carbocycles. The molecule has 0 heterocycles. The van der Waals surface area contributed by atoms with Crippen molar-refractivity contribution in [1.82, 2.24) is 0 Å². The monoisotopic (exact) mass is 323 g/mol. The van der Waals surface area contributed by atoms with E-state index in [1.807, 2.05) is 5.92 Å². The van der Waals surface area contributed by atoms with E-state index in [-0.39, 0.29) is 0 Å². The van der Waals surface area contributed by atoms with E-state index in [9.17, 15) is 14.2 Å². The van der Waals surface area contributed by atoms with Gasteiger partial charge in [-0.2, -0.15) is 0 Å². The summed E-state index contributed by atoms with van der Waals surface area (Å²) in [5.41, 5.74) is 0. The second-order valence-corrected chi connectivity index (χ2v) is 7.93. The van der Waals surface area contributed by atoms with E-state index < -0.39 is 21.1 Å². The van der Waals surface area contributed by atoms with Gasteiger partial charge in [-0.15, -0.1) is 0 Å². The van der Waals surface area contributed by atoms with Crippen molar-refractivity contribution in [2.24, 2.45) is 0 Å². The number of hydrogen-bond acceptors (Lipinski definition) is 3. The van der Waals surface area contributed by atoms with Crippen LogP contribution >= 0.6 is 16.1 Å². The van der Waals surface area contributed by atoms with Crippen LogP contribution in [0.1, 0.15) is 64.7 Å². The lowest BCUT2D eigenvalue weighted by Crippen LogP contribution is -2.18. The summed E-state index contributed by atoms with van der Waals surface area (Å²) in [6.07, 6.45) is 9.63. The fraction of sp³-hybridized carbons (Fsp3) is 0.846. The van der Waals surface area contributed by atoms with Gasteiger partial charge < -0.3 is 14.9 Å². The van der Waals surface area contributed by atoms with Crippen LogP contribution in [0.2, 0.25) is 0 Å². The van der Waals surface area contributed by atoms with E-state index in [2.05, 4.69) is 12.8 Å². The molecule has 2 atom stereocenters. The summed E-state index contributed by atoms with van der Waals surface area (Å²) in [6.45, 7) is 2.18. The number of aliphatic hydroxyl groups is 1. The van der Waals surface area contributed by atoms with E-state index >= 15 is 0 Å². The number of hydrogen-bond donors (Lipinski definition) is 3. The van der Waals surface area contributed by atoms with Gasteiger partial charge in [-0.05, 0) is 12.3 Å². The van der Waals surface area contributed by atoms with Gasteiger partial charge in [0.1, 0.15) is 0 Å². The quantitative estimate of drug-likeness (QED) is 0.325. The van der Waals surface area contributed by atoms with Crippen LogP contribution in [0.15, 0.2) is 0 Å². The smallest absolute Gasteiger partial charge is 0.329 e. The zero-order valence-corrected chi connectivity index (χ0v) is 13.9. The Morgan fingerprint density at radius 1 is 1.05 bits per heavy atom. The molecule has 0 amide bonds. The topological polar surface area (TPSA) is 94.8 Å². The van der Waals surface area contributed by atoms with Gasteiger partial charge in [-0.1, -0.05) is 62.4 Å². The summed E-state index contributed by atoms with van der Waals surface area (Å²) in [5.74, 6) is 4.56. The summed E-state index contributed by atoms with van der Waals surface area (Å²) >= 11 is 0. The molecule has 0 radical (unpaired) electrons. The van der Waals surface area contributed by atoms with Gasteiger partial charge in [0.05, 0.1) is 0 Å². The normalized spacial score (nSPS) is 14.6. The summed E-state index contributed by atoms with van der Waals surface area (Å²) in [6, 6.07) is 0. The van der Waals surface area contributed by atoms with Crippen molar-refractivity contribution >= 4 is 16.1 Å². The largest absolute Gasteiger partial charge is 0.422 e. The Balaban J connectivity index is 3.83. The molecular formula is C13H25O5P2+. The Hall–Kier alpha value is -0.230. The van der Waals surface area contributed by atoms with E-state index in [0.29, 0.717) is 6.42 Å². The van der Waals surface area contributed by atoms with Crippen LogP contribution < -0.4 is 0 Å².